The first-order valence-electron chi connectivity index (χ1n) is 5.21. The number of ether oxygens (including phenoxy) is 1. The second-order valence-electron chi connectivity index (χ2n) is 3.77. The molecule has 0 saturated carbocycles. The summed E-state index contributed by atoms with van der Waals surface area (Å²) in [5.41, 5.74) is 0.943. The summed E-state index contributed by atoms with van der Waals surface area (Å²) in [7, 11) is 0. The fourth-order valence-corrected chi connectivity index (χ4v) is 2.26. The third-order valence-corrected chi connectivity index (χ3v) is 3.50. The molecule has 0 aliphatic rings. The van der Waals surface area contributed by atoms with Crippen molar-refractivity contribution in [1.82, 2.24) is 4.98 Å². The maximum Gasteiger partial charge on any atom is 0.273 e. The number of hydrogen-bond acceptors (Lipinski definition) is 4. The van der Waals surface area contributed by atoms with Gasteiger partial charge in [-0.25, -0.2) is 4.98 Å². The highest BCUT2D eigenvalue weighted by molar-refractivity contribution is 9.11. The molecule has 0 atom stereocenters. The summed E-state index contributed by atoms with van der Waals surface area (Å²) in [6, 6.07) is 6.16. The summed E-state index contributed by atoms with van der Waals surface area (Å²) in [4.78, 5) is 14.4. The van der Waals surface area contributed by atoms with E-state index in [-0.39, 0.29) is 5.69 Å². The van der Waals surface area contributed by atoms with Crippen LogP contribution in [-0.2, 0) is 0 Å². The lowest BCUT2D eigenvalue weighted by atomic mass is 10.3. The molecule has 5 nitrogen and oxygen atoms in total. The molecule has 0 fully saturated rings. The molecule has 19 heavy (non-hydrogen) atoms. The van der Waals surface area contributed by atoms with Crippen molar-refractivity contribution in [1.29, 1.82) is 0 Å². The third kappa shape index (κ3) is 3.30. The van der Waals surface area contributed by atoms with Crippen molar-refractivity contribution in [3.8, 4) is 11.6 Å². The Labute approximate surface area is 126 Å². The Balaban J connectivity index is 2.37. The molecule has 7 heteroatoms. The van der Waals surface area contributed by atoms with Gasteiger partial charge in [-0.05, 0) is 56.5 Å². The molecule has 0 saturated heterocycles. The smallest absolute Gasteiger partial charge is 0.273 e. The highest BCUT2D eigenvalue weighted by atomic mass is 79.9. The van der Waals surface area contributed by atoms with Crippen LogP contribution in [0.25, 0.3) is 0 Å². The zero-order valence-corrected chi connectivity index (χ0v) is 12.9. The van der Waals surface area contributed by atoms with Gasteiger partial charge in [-0.3, -0.25) is 10.1 Å². The molecular formula is C12H8Br2N2O3. The normalized spacial score (nSPS) is 10.3. The summed E-state index contributed by atoms with van der Waals surface area (Å²) < 4.78 is 6.88. The molecule has 0 spiro atoms. The minimum absolute atomic E-state index is 0.0403. The molecule has 0 N–H and O–H groups in total. The van der Waals surface area contributed by atoms with Crippen molar-refractivity contribution in [2.75, 3.05) is 0 Å². The van der Waals surface area contributed by atoms with Crippen LogP contribution in [0.15, 0.2) is 39.4 Å². The first-order chi connectivity index (χ1) is 8.97. The maximum absolute atomic E-state index is 10.7. The van der Waals surface area contributed by atoms with Gasteiger partial charge in [-0.15, -0.1) is 0 Å². The van der Waals surface area contributed by atoms with Gasteiger partial charge < -0.3 is 4.74 Å². The van der Waals surface area contributed by atoms with Crippen molar-refractivity contribution in [2.24, 2.45) is 0 Å². The topological polar surface area (TPSA) is 65.3 Å². The predicted molar refractivity (Wildman–Crippen MR) is 77.5 cm³/mol. The summed E-state index contributed by atoms with van der Waals surface area (Å²) in [6.45, 7) is 1.91. The molecule has 1 aromatic heterocycles. The van der Waals surface area contributed by atoms with Gasteiger partial charge in [0.15, 0.2) is 5.75 Å². The van der Waals surface area contributed by atoms with Crippen molar-refractivity contribution in [3.63, 3.8) is 0 Å². The van der Waals surface area contributed by atoms with Crippen LogP contribution in [0.2, 0.25) is 0 Å². The number of non-ortho nitro benzene ring substituents is 1. The van der Waals surface area contributed by atoms with Crippen molar-refractivity contribution >= 4 is 37.5 Å². The molecule has 0 unspecified atom stereocenters. The predicted octanol–water partition coefficient (Wildman–Crippen LogP) is 4.62. The van der Waals surface area contributed by atoms with Gasteiger partial charge in [0, 0.05) is 12.3 Å². The van der Waals surface area contributed by atoms with Crippen LogP contribution in [-0.4, -0.2) is 9.91 Å². The van der Waals surface area contributed by atoms with Gasteiger partial charge in [-0.2, -0.15) is 0 Å². The lowest BCUT2D eigenvalue weighted by Crippen LogP contribution is -1.93. The van der Waals surface area contributed by atoms with E-state index in [1.165, 1.54) is 12.1 Å². The fraction of sp³-hybridized carbons (Fsp3) is 0.0833. The first kappa shape index (κ1) is 14.0. The zero-order valence-electron chi connectivity index (χ0n) is 9.76. The van der Waals surface area contributed by atoms with Gasteiger partial charge in [0.05, 0.1) is 19.9 Å². The van der Waals surface area contributed by atoms with Gasteiger partial charge in [0.2, 0.25) is 5.88 Å². The zero-order chi connectivity index (χ0) is 14.0. The summed E-state index contributed by atoms with van der Waals surface area (Å²) in [5, 5.41) is 10.7. The number of halogens is 2. The molecule has 1 aromatic carbocycles. The van der Waals surface area contributed by atoms with E-state index < -0.39 is 4.92 Å². The Hall–Kier alpha value is -1.47. The number of pyridine rings is 1. The van der Waals surface area contributed by atoms with Crippen LogP contribution in [0.4, 0.5) is 5.69 Å². The Morgan fingerprint density at radius 2 is 2.00 bits per heavy atom. The summed E-state index contributed by atoms with van der Waals surface area (Å²) in [6.07, 6.45) is 1.66. The van der Waals surface area contributed by atoms with E-state index in [0.717, 1.165) is 5.56 Å². The van der Waals surface area contributed by atoms with E-state index in [4.69, 9.17) is 4.74 Å². The Bertz CT molecular complexity index is 647. The van der Waals surface area contributed by atoms with Crippen LogP contribution >= 0.6 is 31.9 Å². The quantitative estimate of drug-likeness (QED) is 0.569. The highest BCUT2D eigenvalue weighted by Gasteiger charge is 2.13. The van der Waals surface area contributed by atoms with E-state index in [1.807, 2.05) is 13.0 Å². The van der Waals surface area contributed by atoms with E-state index in [0.29, 0.717) is 20.6 Å². The SMILES string of the molecule is Cc1cnc(Oc2cc([N+](=O)[O-])ccc2Br)c(Br)c1. The minimum Gasteiger partial charge on any atom is -0.436 e. The monoisotopic (exact) mass is 386 g/mol. The lowest BCUT2D eigenvalue weighted by Gasteiger charge is -2.08. The van der Waals surface area contributed by atoms with E-state index in [2.05, 4.69) is 36.8 Å². The molecular weight excluding hydrogens is 380 g/mol. The van der Waals surface area contributed by atoms with Gasteiger partial charge in [0.25, 0.3) is 5.69 Å². The highest BCUT2D eigenvalue weighted by Crippen LogP contribution is 2.35. The molecule has 2 rings (SSSR count). The second kappa shape index (κ2) is 5.66. The van der Waals surface area contributed by atoms with Crippen molar-refractivity contribution in [3.05, 3.63) is 55.1 Å². The van der Waals surface area contributed by atoms with Crippen LogP contribution in [0.3, 0.4) is 0 Å². The average molecular weight is 388 g/mol. The number of nitro benzene ring substituents is 1. The number of nitro groups is 1. The molecule has 2 aromatic rings. The fourth-order valence-electron chi connectivity index (χ4n) is 1.38. The van der Waals surface area contributed by atoms with Crippen LogP contribution < -0.4 is 4.74 Å². The van der Waals surface area contributed by atoms with E-state index >= 15 is 0 Å². The Kier molecular flexibility index (Phi) is 4.16. The Morgan fingerprint density at radius 1 is 1.26 bits per heavy atom. The van der Waals surface area contributed by atoms with Crippen LogP contribution in [0, 0.1) is 17.0 Å². The minimum atomic E-state index is -0.475. The number of hydrogen-bond donors (Lipinski definition) is 0. The summed E-state index contributed by atoms with van der Waals surface area (Å²) in [5.74, 6) is 0.693. The second-order valence-corrected chi connectivity index (χ2v) is 5.48. The Morgan fingerprint density at radius 3 is 2.63 bits per heavy atom. The largest absolute Gasteiger partial charge is 0.436 e. The van der Waals surface area contributed by atoms with Gasteiger partial charge in [-0.1, -0.05) is 0 Å². The van der Waals surface area contributed by atoms with Gasteiger partial charge >= 0.3 is 0 Å². The molecule has 0 radical (unpaired) electrons. The van der Waals surface area contributed by atoms with Crippen LogP contribution in [0.5, 0.6) is 11.6 Å². The number of nitrogens with zero attached hydrogens (tertiary/aromatic N) is 2. The standard InChI is InChI=1S/C12H8Br2N2O3/c1-7-4-10(14)12(15-6-7)19-11-5-8(16(17)18)2-3-9(11)13/h2-6H,1H3. The average Bonchev–Trinajstić information content (AvgIpc) is 2.34. The molecule has 0 amide bonds. The van der Waals surface area contributed by atoms with Crippen LogP contribution in [0.1, 0.15) is 5.56 Å². The maximum atomic E-state index is 10.7. The molecule has 98 valence electrons. The van der Waals surface area contributed by atoms with E-state index in [1.54, 1.807) is 12.3 Å². The number of benzene rings is 1. The van der Waals surface area contributed by atoms with Gasteiger partial charge in [0.1, 0.15) is 0 Å². The number of aromatic nitrogens is 1. The molecule has 1 heterocycles. The number of rotatable bonds is 3. The van der Waals surface area contributed by atoms with E-state index in [9.17, 15) is 10.1 Å². The molecule has 0 bridgehead atoms. The summed E-state index contributed by atoms with van der Waals surface area (Å²) >= 11 is 6.63. The lowest BCUT2D eigenvalue weighted by molar-refractivity contribution is -0.384. The first-order valence-corrected chi connectivity index (χ1v) is 6.80. The van der Waals surface area contributed by atoms with Crippen molar-refractivity contribution in [2.45, 2.75) is 6.92 Å². The number of aryl methyl sites for hydroxylation is 1. The third-order valence-electron chi connectivity index (χ3n) is 2.28. The molecule has 0 aliphatic heterocycles. The van der Waals surface area contributed by atoms with Crippen molar-refractivity contribution < 1.29 is 9.66 Å². The molecule has 0 aliphatic carbocycles.